The van der Waals surface area contributed by atoms with Crippen molar-refractivity contribution in [3.05, 3.63) is 317 Å². The predicted octanol–water partition coefficient (Wildman–Crippen LogP) is 17.9. The second-order valence-corrected chi connectivity index (χ2v) is 18.7. The number of rotatable bonds is 11. The molecule has 0 N–H and O–H groups in total. The number of hydrogen-bond donors (Lipinski definition) is 0. The molecule has 336 valence electrons. The van der Waals surface area contributed by atoms with Crippen molar-refractivity contribution >= 4 is 39.0 Å². The van der Waals surface area contributed by atoms with Crippen LogP contribution in [-0.4, -0.2) is 0 Å². The van der Waals surface area contributed by atoms with E-state index in [9.17, 15) is 0 Å². The van der Waals surface area contributed by atoms with Crippen LogP contribution >= 0.6 is 0 Å². The molecule has 1 heterocycles. The van der Waals surface area contributed by atoms with Crippen LogP contribution in [0.1, 0.15) is 44.5 Å². The largest absolute Gasteiger partial charge is 0.456 e. The van der Waals surface area contributed by atoms with E-state index in [0.29, 0.717) is 0 Å². The molecule has 0 amide bonds. The van der Waals surface area contributed by atoms with Crippen LogP contribution in [0.3, 0.4) is 0 Å². The zero-order chi connectivity index (χ0) is 47.1. The van der Waals surface area contributed by atoms with E-state index in [1.54, 1.807) is 0 Å². The van der Waals surface area contributed by atoms with Crippen LogP contribution in [-0.2, 0) is 18.3 Å². The Balaban J connectivity index is 0.947. The summed E-state index contributed by atoms with van der Waals surface area (Å²) in [5, 5.41) is 2.22. The van der Waals surface area contributed by atoms with E-state index in [-0.39, 0.29) is 0 Å². The summed E-state index contributed by atoms with van der Waals surface area (Å²) in [5.74, 6) is 0. The van der Waals surface area contributed by atoms with Crippen molar-refractivity contribution in [2.24, 2.45) is 0 Å². The van der Waals surface area contributed by atoms with Crippen LogP contribution < -0.4 is 4.90 Å². The van der Waals surface area contributed by atoms with E-state index in [2.05, 4.69) is 278 Å². The molecule has 71 heavy (non-hydrogen) atoms. The Labute approximate surface area is 415 Å². The van der Waals surface area contributed by atoms with Gasteiger partial charge < -0.3 is 9.32 Å². The first-order valence-electron chi connectivity index (χ1n) is 24.7. The first-order valence-corrected chi connectivity index (χ1v) is 24.7. The second-order valence-electron chi connectivity index (χ2n) is 18.7. The molecule has 0 atom stereocenters. The van der Waals surface area contributed by atoms with E-state index >= 15 is 0 Å². The molecule has 0 spiro atoms. The van der Waals surface area contributed by atoms with Crippen LogP contribution in [0.4, 0.5) is 17.1 Å². The van der Waals surface area contributed by atoms with Gasteiger partial charge in [0.2, 0.25) is 0 Å². The average Bonchev–Trinajstić information content (AvgIpc) is 3.97. The van der Waals surface area contributed by atoms with E-state index in [4.69, 9.17) is 4.42 Å². The summed E-state index contributed by atoms with van der Waals surface area (Å²) in [5.41, 5.74) is 21.9. The molecule has 0 aliphatic heterocycles. The molecule has 2 heteroatoms. The topological polar surface area (TPSA) is 16.4 Å². The van der Waals surface area contributed by atoms with Gasteiger partial charge in [-0.05, 0) is 121 Å². The van der Waals surface area contributed by atoms with E-state index < -0.39 is 5.41 Å². The number of para-hydroxylation sites is 1. The highest BCUT2D eigenvalue weighted by molar-refractivity contribution is 6.07. The molecule has 1 aromatic heterocycles. The smallest absolute Gasteiger partial charge is 0.138 e. The molecular weight excluding hydrogens is 859 g/mol. The second kappa shape index (κ2) is 17.8. The lowest BCUT2D eigenvalue weighted by atomic mass is 9.67. The summed E-state index contributed by atoms with van der Waals surface area (Å²) in [4.78, 5) is 2.40. The summed E-state index contributed by atoms with van der Waals surface area (Å²) < 4.78 is 7.08. The van der Waals surface area contributed by atoms with Crippen molar-refractivity contribution < 1.29 is 4.42 Å². The maximum absolute atomic E-state index is 7.08. The zero-order valence-corrected chi connectivity index (χ0v) is 39.3. The molecule has 2 nitrogen and oxygen atoms in total. The summed E-state index contributed by atoms with van der Waals surface area (Å²) in [6.07, 6.45) is 1.61. The van der Waals surface area contributed by atoms with E-state index in [0.717, 1.165) is 57.4 Å². The fourth-order valence-electron chi connectivity index (χ4n) is 11.5. The van der Waals surface area contributed by atoms with Gasteiger partial charge in [0.1, 0.15) is 11.2 Å². The average molecular weight is 908 g/mol. The maximum Gasteiger partial charge on any atom is 0.138 e. The lowest BCUT2D eigenvalue weighted by Gasteiger charge is -2.35. The molecule has 0 bridgehead atoms. The third-order valence-electron chi connectivity index (χ3n) is 14.7. The lowest BCUT2D eigenvalue weighted by molar-refractivity contribution is 0.664. The van der Waals surface area contributed by atoms with E-state index in [1.807, 2.05) is 0 Å². The zero-order valence-electron chi connectivity index (χ0n) is 39.3. The number of nitrogens with zero attached hydrogens (tertiary/aromatic N) is 1. The summed E-state index contributed by atoms with van der Waals surface area (Å²) >= 11 is 0. The highest BCUT2D eigenvalue weighted by Crippen LogP contribution is 2.57. The fraction of sp³-hybridized carbons (Fsp3) is 0.0435. The van der Waals surface area contributed by atoms with Crippen molar-refractivity contribution in [2.75, 3.05) is 4.90 Å². The summed E-state index contributed by atoms with van der Waals surface area (Å²) in [6.45, 7) is 0. The Morgan fingerprint density at radius 1 is 0.324 bits per heavy atom. The third-order valence-corrected chi connectivity index (χ3v) is 14.7. The highest BCUT2D eigenvalue weighted by atomic mass is 16.3. The Hall–Kier alpha value is -8.98. The molecule has 13 rings (SSSR count). The van der Waals surface area contributed by atoms with Crippen molar-refractivity contribution in [3.8, 4) is 33.4 Å². The standard InChI is InChI=1S/C69H49NO/c1-5-20-48(21-6-1)44-51-24-13-15-31-59(51)60-32-16-14-25-52(60)45-53-26-19-34-64-63-43-41-58(47-67(63)71-68(53)64)70(56-38-36-50(37-39-56)49-22-7-2-8-23-49)57-40-42-62-61-33-17-18-35-65(61)69(66(62)46-57,54-27-9-3-10-28-54)55-29-11-4-12-30-55/h1-43,46-47H,44-45H2. The normalized spacial score (nSPS) is 12.5. The molecule has 0 fully saturated rings. The van der Waals surface area contributed by atoms with Crippen LogP contribution in [0.15, 0.2) is 277 Å². The summed E-state index contributed by atoms with van der Waals surface area (Å²) in [6, 6.07) is 99.5. The fourth-order valence-corrected chi connectivity index (χ4v) is 11.5. The SMILES string of the molecule is c1ccc(Cc2ccccc2-c2ccccc2Cc2cccc3c2oc2cc(N(c4ccc(-c5ccccc5)cc4)c4ccc5c(c4)C(c4ccccc4)(c4ccccc4)c4ccccc4-5)ccc23)cc1. The van der Waals surface area contributed by atoms with Gasteiger partial charge in [0.25, 0.3) is 0 Å². The van der Waals surface area contributed by atoms with Gasteiger partial charge >= 0.3 is 0 Å². The van der Waals surface area contributed by atoms with Gasteiger partial charge in [-0.15, -0.1) is 0 Å². The van der Waals surface area contributed by atoms with Crippen molar-refractivity contribution in [3.63, 3.8) is 0 Å². The Bertz CT molecular complexity index is 3820. The third kappa shape index (κ3) is 7.35. The van der Waals surface area contributed by atoms with Crippen molar-refractivity contribution in [2.45, 2.75) is 18.3 Å². The van der Waals surface area contributed by atoms with Crippen molar-refractivity contribution in [1.29, 1.82) is 0 Å². The van der Waals surface area contributed by atoms with Crippen molar-refractivity contribution in [1.82, 2.24) is 0 Å². The Kier molecular flexibility index (Phi) is 10.6. The highest BCUT2D eigenvalue weighted by Gasteiger charge is 2.46. The van der Waals surface area contributed by atoms with Crippen LogP contribution in [0.5, 0.6) is 0 Å². The van der Waals surface area contributed by atoms with E-state index in [1.165, 1.54) is 72.3 Å². The molecule has 0 saturated carbocycles. The molecular formula is C69H49NO. The molecule has 1 aliphatic carbocycles. The molecule has 1 aliphatic rings. The maximum atomic E-state index is 7.08. The van der Waals surface area contributed by atoms with Crippen LogP contribution in [0.2, 0.25) is 0 Å². The molecule has 0 saturated heterocycles. The first-order chi connectivity index (χ1) is 35.2. The van der Waals surface area contributed by atoms with Gasteiger partial charge in [-0.2, -0.15) is 0 Å². The number of furan rings is 1. The summed E-state index contributed by atoms with van der Waals surface area (Å²) in [7, 11) is 0. The number of fused-ring (bicyclic) bond motifs is 6. The molecule has 0 radical (unpaired) electrons. The molecule has 0 unspecified atom stereocenters. The number of anilines is 3. The van der Waals surface area contributed by atoms with Gasteiger partial charge in [0.05, 0.1) is 5.41 Å². The van der Waals surface area contributed by atoms with Crippen LogP contribution in [0.25, 0.3) is 55.3 Å². The molecule has 11 aromatic carbocycles. The quantitative estimate of drug-likeness (QED) is 0.129. The lowest BCUT2D eigenvalue weighted by Crippen LogP contribution is -2.28. The van der Waals surface area contributed by atoms with Gasteiger partial charge in [0, 0.05) is 40.3 Å². The van der Waals surface area contributed by atoms with Crippen LogP contribution in [0, 0.1) is 0 Å². The Morgan fingerprint density at radius 3 is 1.52 bits per heavy atom. The molecule has 12 aromatic rings. The number of hydrogen-bond acceptors (Lipinski definition) is 2. The van der Waals surface area contributed by atoms with Gasteiger partial charge in [-0.1, -0.05) is 231 Å². The minimum Gasteiger partial charge on any atom is -0.456 e. The minimum absolute atomic E-state index is 0.533. The Morgan fingerprint density at radius 2 is 0.831 bits per heavy atom. The van der Waals surface area contributed by atoms with Gasteiger partial charge in [-0.3, -0.25) is 0 Å². The van der Waals surface area contributed by atoms with Gasteiger partial charge in [0.15, 0.2) is 0 Å². The monoisotopic (exact) mass is 907 g/mol. The number of benzene rings is 11. The van der Waals surface area contributed by atoms with Gasteiger partial charge in [-0.25, -0.2) is 0 Å². The minimum atomic E-state index is -0.533. The predicted molar refractivity (Wildman–Crippen MR) is 295 cm³/mol. The first kappa shape index (κ1) is 42.1.